The third kappa shape index (κ3) is 3.12. The molecule has 1 aromatic carbocycles. The Hall–Kier alpha value is -1.55. The Morgan fingerprint density at radius 3 is 2.82 bits per heavy atom. The summed E-state index contributed by atoms with van der Waals surface area (Å²) in [5.74, 6) is 1.25. The minimum absolute atomic E-state index is 0.0338. The Kier molecular flexibility index (Phi) is 5.46. The van der Waals surface area contributed by atoms with E-state index in [1.165, 1.54) is 11.1 Å². The molecule has 0 bridgehead atoms. The second kappa shape index (κ2) is 7.14. The molecule has 0 saturated carbocycles. The van der Waals surface area contributed by atoms with E-state index in [1.807, 2.05) is 6.07 Å². The van der Waals surface area contributed by atoms with Crippen LogP contribution in [-0.4, -0.2) is 19.3 Å². The van der Waals surface area contributed by atoms with E-state index in [-0.39, 0.29) is 18.2 Å². The predicted octanol–water partition coefficient (Wildman–Crippen LogP) is 3.16. The molecule has 1 aliphatic carbocycles. The van der Waals surface area contributed by atoms with Crippen LogP contribution in [0.3, 0.4) is 0 Å². The van der Waals surface area contributed by atoms with Gasteiger partial charge in [0.2, 0.25) is 6.79 Å². The van der Waals surface area contributed by atoms with Crippen LogP contribution in [-0.2, 0) is 21.4 Å². The Balaban J connectivity index is 2.35. The minimum Gasteiger partial charge on any atom is -0.457 e. The van der Waals surface area contributed by atoms with Gasteiger partial charge in [0.25, 0.3) is 6.47 Å². The standard InChI is InChI=1S/C18H27NO3/c1-4-8-18(3)16-10-15(22-12-21-11-20)7-6-14(16)9-13(5-2)17(18)19/h6-7,10-11,13,17H,4-5,8-9,12,19H2,1-3H3/t13-,17-,18+/m0/s1. The SMILES string of the molecule is CCC[C@]1(C)c2cc(OCOC=O)ccc2C[C@H](CC)[C@@H]1N. The van der Waals surface area contributed by atoms with E-state index >= 15 is 0 Å². The van der Waals surface area contributed by atoms with Gasteiger partial charge >= 0.3 is 0 Å². The lowest BCUT2D eigenvalue weighted by Gasteiger charge is -2.46. The van der Waals surface area contributed by atoms with Gasteiger partial charge in [0.1, 0.15) is 5.75 Å². The van der Waals surface area contributed by atoms with Crippen LogP contribution < -0.4 is 10.5 Å². The molecular formula is C18H27NO3. The normalized spacial score (nSPS) is 27.1. The molecule has 0 heterocycles. The number of benzene rings is 1. The van der Waals surface area contributed by atoms with Gasteiger partial charge in [0, 0.05) is 11.5 Å². The Labute approximate surface area is 133 Å². The molecule has 0 amide bonds. The molecule has 1 aromatic rings. The van der Waals surface area contributed by atoms with Crippen molar-refractivity contribution in [2.45, 2.75) is 57.9 Å². The molecule has 4 nitrogen and oxygen atoms in total. The maximum atomic E-state index is 10.2. The quantitative estimate of drug-likeness (QED) is 0.477. The molecule has 0 aromatic heterocycles. The smallest absolute Gasteiger partial charge is 0.295 e. The molecule has 0 saturated heterocycles. The fourth-order valence-corrected chi connectivity index (χ4v) is 3.81. The lowest BCUT2D eigenvalue weighted by Crippen LogP contribution is -2.52. The first-order chi connectivity index (χ1) is 10.6. The fraction of sp³-hybridized carbons (Fsp3) is 0.611. The number of carbonyl (C=O) groups excluding carboxylic acids is 1. The number of nitrogens with two attached hydrogens (primary N) is 1. The summed E-state index contributed by atoms with van der Waals surface area (Å²) in [6.45, 7) is 7.02. The van der Waals surface area contributed by atoms with Crippen molar-refractivity contribution in [3.8, 4) is 5.75 Å². The van der Waals surface area contributed by atoms with Gasteiger partial charge in [-0.05, 0) is 42.0 Å². The van der Waals surface area contributed by atoms with Crippen molar-refractivity contribution >= 4 is 6.47 Å². The van der Waals surface area contributed by atoms with Crippen molar-refractivity contribution in [2.75, 3.05) is 6.79 Å². The molecule has 0 unspecified atom stereocenters. The van der Waals surface area contributed by atoms with Crippen LogP contribution in [0.4, 0.5) is 0 Å². The molecular weight excluding hydrogens is 278 g/mol. The van der Waals surface area contributed by atoms with Crippen LogP contribution in [0.2, 0.25) is 0 Å². The highest BCUT2D eigenvalue weighted by molar-refractivity contribution is 5.44. The second-order valence-corrected chi connectivity index (χ2v) is 6.41. The maximum Gasteiger partial charge on any atom is 0.295 e. The van der Waals surface area contributed by atoms with Gasteiger partial charge < -0.3 is 15.2 Å². The number of fused-ring (bicyclic) bond motifs is 1. The molecule has 0 fully saturated rings. The van der Waals surface area contributed by atoms with Gasteiger partial charge in [-0.25, -0.2) is 0 Å². The van der Waals surface area contributed by atoms with E-state index in [0.717, 1.165) is 31.4 Å². The molecule has 4 heteroatoms. The van der Waals surface area contributed by atoms with Gasteiger partial charge in [-0.3, -0.25) is 4.79 Å². The monoisotopic (exact) mass is 305 g/mol. The molecule has 2 rings (SSSR count). The fourth-order valence-electron chi connectivity index (χ4n) is 3.81. The Morgan fingerprint density at radius 2 is 2.18 bits per heavy atom. The van der Waals surface area contributed by atoms with E-state index in [0.29, 0.717) is 12.4 Å². The van der Waals surface area contributed by atoms with Crippen molar-refractivity contribution in [2.24, 2.45) is 11.7 Å². The highest BCUT2D eigenvalue weighted by Crippen LogP contribution is 2.44. The summed E-state index contributed by atoms with van der Waals surface area (Å²) in [6.07, 6.45) is 4.29. The summed E-state index contributed by atoms with van der Waals surface area (Å²) in [5.41, 5.74) is 9.25. The van der Waals surface area contributed by atoms with Crippen molar-refractivity contribution in [3.05, 3.63) is 29.3 Å². The second-order valence-electron chi connectivity index (χ2n) is 6.41. The molecule has 0 aliphatic heterocycles. The maximum absolute atomic E-state index is 10.2. The van der Waals surface area contributed by atoms with E-state index in [2.05, 4.69) is 37.6 Å². The third-order valence-electron chi connectivity index (χ3n) is 5.08. The zero-order valence-electron chi connectivity index (χ0n) is 13.8. The Morgan fingerprint density at radius 1 is 1.41 bits per heavy atom. The predicted molar refractivity (Wildman–Crippen MR) is 86.8 cm³/mol. The van der Waals surface area contributed by atoms with Crippen molar-refractivity contribution in [1.29, 1.82) is 0 Å². The van der Waals surface area contributed by atoms with Gasteiger partial charge in [-0.15, -0.1) is 0 Å². The average molecular weight is 305 g/mol. The number of carbonyl (C=O) groups is 1. The molecule has 0 spiro atoms. The number of ether oxygens (including phenoxy) is 2. The number of hydrogen-bond donors (Lipinski definition) is 1. The summed E-state index contributed by atoms with van der Waals surface area (Å²) >= 11 is 0. The summed E-state index contributed by atoms with van der Waals surface area (Å²) < 4.78 is 10.1. The van der Waals surface area contributed by atoms with Crippen LogP contribution in [0.1, 0.15) is 51.2 Å². The van der Waals surface area contributed by atoms with Crippen LogP contribution in [0, 0.1) is 5.92 Å². The van der Waals surface area contributed by atoms with Crippen LogP contribution >= 0.6 is 0 Å². The lowest BCUT2D eigenvalue weighted by atomic mass is 9.61. The molecule has 0 radical (unpaired) electrons. The van der Waals surface area contributed by atoms with E-state index in [9.17, 15) is 4.79 Å². The van der Waals surface area contributed by atoms with Gasteiger partial charge in [-0.2, -0.15) is 0 Å². The van der Waals surface area contributed by atoms with E-state index in [4.69, 9.17) is 10.5 Å². The summed E-state index contributed by atoms with van der Waals surface area (Å²) in [5, 5.41) is 0. The first-order valence-corrected chi connectivity index (χ1v) is 8.13. The van der Waals surface area contributed by atoms with Crippen LogP contribution in [0.5, 0.6) is 5.75 Å². The Bertz CT molecular complexity index is 517. The first-order valence-electron chi connectivity index (χ1n) is 8.13. The zero-order valence-corrected chi connectivity index (χ0v) is 13.8. The van der Waals surface area contributed by atoms with Crippen molar-refractivity contribution in [1.82, 2.24) is 0 Å². The highest BCUT2D eigenvalue weighted by Gasteiger charge is 2.42. The third-order valence-corrected chi connectivity index (χ3v) is 5.08. The lowest BCUT2D eigenvalue weighted by molar-refractivity contribution is -0.134. The molecule has 2 N–H and O–H groups in total. The first kappa shape index (κ1) is 16.8. The largest absolute Gasteiger partial charge is 0.457 e. The average Bonchev–Trinajstić information content (AvgIpc) is 2.52. The van der Waals surface area contributed by atoms with Crippen LogP contribution in [0.25, 0.3) is 0 Å². The van der Waals surface area contributed by atoms with Gasteiger partial charge in [0.15, 0.2) is 0 Å². The zero-order chi connectivity index (χ0) is 16.2. The summed E-state index contributed by atoms with van der Waals surface area (Å²) in [4.78, 5) is 10.2. The highest BCUT2D eigenvalue weighted by atomic mass is 16.7. The van der Waals surface area contributed by atoms with Crippen LogP contribution in [0.15, 0.2) is 18.2 Å². The van der Waals surface area contributed by atoms with E-state index in [1.54, 1.807) is 0 Å². The topological polar surface area (TPSA) is 61.5 Å². The molecule has 22 heavy (non-hydrogen) atoms. The van der Waals surface area contributed by atoms with Gasteiger partial charge in [-0.1, -0.05) is 39.7 Å². The van der Waals surface area contributed by atoms with Gasteiger partial charge in [0.05, 0.1) is 0 Å². The summed E-state index contributed by atoms with van der Waals surface area (Å²) in [6, 6.07) is 6.31. The number of rotatable bonds is 7. The number of hydrogen-bond acceptors (Lipinski definition) is 4. The van der Waals surface area contributed by atoms with E-state index < -0.39 is 0 Å². The summed E-state index contributed by atoms with van der Waals surface area (Å²) in [7, 11) is 0. The van der Waals surface area contributed by atoms with Crippen molar-refractivity contribution in [3.63, 3.8) is 0 Å². The molecule has 122 valence electrons. The molecule has 3 atom stereocenters. The molecule has 1 aliphatic rings. The minimum atomic E-state index is -0.0591. The van der Waals surface area contributed by atoms with Crippen molar-refractivity contribution < 1.29 is 14.3 Å².